The molecule has 2 aliphatic rings. The zero-order valence-corrected chi connectivity index (χ0v) is 29.2. The first-order valence-electron chi connectivity index (χ1n) is 13.8. The summed E-state index contributed by atoms with van der Waals surface area (Å²) in [6, 6.07) is -0.423. The fourth-order valence-electron chi connectivity index (χ4n) is 4.31. The van der Waals surface area contributed by atoms with Crippen molar-refractivity contribution in [2.45, 2.75) is 109 Å². The molecule has 2 atom stereocenters. The Labute approximate surface area is 278 Å². The van der Waals surface area contributed by atoms with Crippen LogP contribution in [0.25, 0.3) is 0 Å². The maximum Gasteiger partial charge on any atom is 1.00 e. The summed E-state index contributed by atoms with van der Waals surface area (Å²) < 4.78 is 15.6. The number of amides is 1. The Kier molecular flexibility index (Phi) is 23.7. The SMILES string of the molecule is CCCCCCCC/C=C\CCCCCCCC(=O)NC1=NC=NC2C1N=CN2CCOCP(=O)([O-])[O-].[Na+].[Na+]. The van der Waals surface area contributed by atoms with Crippen LogP contribution in [0.1, 0.15) is 96.8 Å². The van der Waals surface area contributed by atoms with Crippen LogP contribution in [0.3, 0.4) is 0 Å². The van der Waals surface area contributed by atoms with Gasteiger partial charge in [-0.05, 0) is 39.7 Å². The van der Waals surface area contributed by atoms with Crippen molar-refractivity contribution >= 4 is 32.0 Å². The molecule has 1 N–H and O–H groups in total. The number of amidine groups is 1. The molecule has 0 saturated carbocycles. The van der Waals surface area contributed by atoms with E-state index in [0.717, 1.165) is 25.7 Å². The molecule has 2 unspecified atom stereocenters. The zero-order valence-electron chi connectivity index (χ0n) is 24.3. The molecule has 0 spiro atoms. The van der Waals surface area contributed by atoms with E-state index >= 15 is 0 Å². The van der Waals surface area contributed by atoms with Crippen molar-refractivity contribution in [1.29, 1.82) is 0 Å². The van der Waals surface area contributed by atoms with Gasteiger partial charge >= 0.3 is 59.1 Å². The first-order valence-corrected chi connectivity index (χ1v) is 15.6. The minimum atomic E-state index is -4.68. The van der Waals surface area contributed by atoms with E-state index in [1.165, 1.54) is 64.1 Å². The van der Waals surface area contributed by atoms with Gasteiger partial charge in [-0.1, -0.05) is 70.4 Å². The summed E-state index contributed by atoms with van der Waals surface area (Å²) >= 11 is 0. The normalized spacial score (nSPS) is 18.0. The predicted octanol–water partition coefficient (Wildman–Crippen LogP) is -2.49. The topological polar surface area (TPSA) is 142 Å². The number of unbranched alkanes of at least 4 members (excludes halogenated alkanes) is 11. The number of ether oxygens (including phenoxy) is 1. The van der Waals surface area contributed by atoms with E-state index in [2.05, 4.69) is 39.4 Å². The third-order valence-electron chi connectivity index (χ3n) is 6.37. The first kappa shape index (κ1) is 39.1. The molecular formula is C26H44N5Na2O5P. The first-order chi connectivity index (χ1) is 17.9. The smallest absolute Gasteiger partial charge is 0.809 e. The number of hydrogen-bond acceptors (Lipinski definition) is 9. The molecule has 0 saturated heterocycles. The van der Waals surface area contributed by atoms with Crippen molar-refractivity contribution in [3.63, 3.8) is 0 Å². The summed E-state index contributed by atoms with van der Waals surface area (Å²) in [5, 5.41) is 2.87. The number of carbonyl (C=O) groups excluding carboxylic acids is 1. The van der Waals surface area contributed by atoms with E-state index in [9.17, 15) is 19.1 Å². The van der Waals surface area contributed by atoms with Crippen LogP contribution in [-0.4, -0.2) is 61.0 Å². The minimum absolute atomic E-state index is 0. The van der Waals surface area contributed by atoms with E-state index in [-0.39, 0.29) is 77.8 Å². The maximum atomic E-state index is 12.4. The van der Waals surface area contributed by atoms with Crippen LogP contribution in [0.5, 0.6) is 0 Å². The quantitative estimate of drug-likeness (QED) is 0.0728. The Bertz CT molecular complexity index is 838. The van der Waals surface area contributed by atoms with Crippen LogP contribution in [0.4, 0.5) is 0 Å². The fourth-order valence-corrected chi connectivity index (χ4v) is 4.66. The number of nitrogens with one attached hydrogen (secondary N) is 1. The minimum Gasteiger partial charge on any atom is -0.809 e. The van der Waals surface area contributed by atoms with Gasteiger partial charge in [0, 0.05) is 13.0 Å². The summed E-state index contributed by atoms with van der Waals surface area (Å²) in [6.45, 7) is 2.62. The van der Waals surface area contributed by atoms with Gasteiger partial charge in [0.25, 0.3) is 0 Å². The Morgan fingerprint density at radius 2 is 1.62 bits per heavy atom. The Morgan fingerprint density at radius 1 is 1.00 bits per heavy atom. The summed E-state index contributed by atoms with van der Waals surface area (Å²) in [5.74, 6) is 0.380. The summed E-state index contributed by atoms with van der Waals surface area (Å²) in [4.78, 5) is 48.3. The van der Waals surface area contributed by atoms with Gasteiger partial charge in [0.05, 0.1) is 19.3 Å². The largest absolute Gasteiger partial charge is 1.00 e. The van der Waals surface area contributed by atoms with Gasteiger partial charge in [-0.2, -0.15) is 0 Å². The molecule has 2 heterocycles. The Hall–Kier alpha value is 0.130. The molecule has 10 nitrogen and oxygen atoms in total. The average molecular weight is 584 g/mol. The number of rotatable bonds is 20. The maximum absolute atomic E-state index is 12.4. The van der Waals surface area contributed by atoms with Crippen molar-refractivity contribution in [3.8, 4) is 0 Å². The predicted molar refractivity (Wildman–Crippen MR) is 145 cm³/mol. The monoisotopic (exact) mass is 583 g/mol. The van der Waals surface area contributed by atoms with E-state index in [4.69, 9.17) is 4.74 Å². The second kappa shape index (κ2) is 23.7. The second-order valence-electron chi connectivity index (χ2n) is 9.67. The van der Waals surface area contributed by atoms with Crippen LogP contribution in [-0.2, 0) is 14.1 Å². The molecule has 210 valence electrons. The molecule has 1 amide bonds. The molecule has 0 aromatic heterocycles. The van der Waals surface area contributed by atoms with Gasteiger partial charge in [-0.15, -0.1) is 0 Å². The summed E-state index contributed by atoms with van der Waals surface area (Å²) in [6.07, 6.45) is 22.6. The van der Waals surface area contributed by atoms with Gasteiger partial charge in [0.15, 0.2) is 6.17 Å². The summed E-state index contributed by atoms with van der Waals surface area (Å²) in [5.41, 5.74) is 0. The van der Waals surface area contributed by atoms with E-state index in [1.807, 2.05) is 0 Å². The van der Waals surface area contributed by atoms with Gasteiger partial charge in [0.2, 0.25) is 5.91 Å². The number of carbonyl (C=O) groups is 1. The molecule has 0 fully saturated rings. The Morgan fingerprint density at radius 3 is 2.26 bits per heavy atom. The van der Waals surface area contributed by atoms with Gasteiger partial charge < -0.3 is 29.3 Å². The molecule has 0 aromatic rings. The molecule has 0 radical (unpaired) electrons. The number of fused-ring (bicyclic) bond motifs is 1. The van der Waals surface area contributed by atoms with Crippen LogP contribution in [0.15, 0.2) is 27.1 Å². The standard InChI is InChI=1S/C26H46N5O5P.2Na/c1-2-3-4-5-6-7-8-9-10-11-12-13-14-15-16-17-23(32)30-25-24-26(28-20-27-25)31(21-29-24)18-19-36-22-37(33,34)35;;/h9-10,20-21,24,26H,2-8,11-19,22H2,1H3,(H2,33,34,35)(H,27,28,30,32);;/q;2*+1/p-2/b10-9-;;. The number of nitrogens with zero attached hydrogens (tertiary/aromatic N) is 4. The van der Waals surface area contributed by atoms with Crippen molar-refractivity contribution in [1.82, 2.24) is 10.2 Å². The number of aliphatic imine (C=N–C) groups is 3. The van der Waals surface area contributed by atoms with Crippen molar-refractivity contribution in [2.75, 3.05) is 19.5 Å². The van der Waals surface area contributed by atoms with Crippen molar-refractivity contribution in [2.24, 2.45) is 15.0 Å². The van der Waals surface area contributed by atoms with Crippen LogP contribution in [0.2, 0.25) is 0 Å². The van der Waals surface area contributed by atoms with Crippen LogP contribution < -0.4 is 74.2 Å². The molecule has 2 aliphatic heterocycles. The molecule has 39 heavy (non-hydrogen) atoms. The number of allylic oxidation sites excluding steroid dienone is 2. The molecule has 13 heteroatoms. The van der Waals surface area contributed by atoms with Gasteiger partial charge in [-0.3, -0.25) is 9.79 Å². The number of hydrogen-bond donors (Lipinski definition) is 1. The average Bonchev–Trinajstić information content (AvgIpc) is 3.28. The summed E-state index contributed by atoms with van der Waals surface area (Å²) in [7, 11) is -4.68. The molecular weight excluding hydrogens is 539 g/mol. The van der Waals surface area contributed by atoms with E-state index in [0.29, 0.717) is 18.8 Å². The molecule has 0 aromatic carbocycles. The zero-order chi connectivity index (χ0) is 26.8. The molecule has 2 rings (SSSR count). The van der Waals surface area contributed by atoms with Gasteiger partial charge in [-0.25, -0.2) is 9.98 Å². The van der Waals surface area contributed by atoms with Crippen molar-refractivity contribution < 1.29 is 83.0 Å². The van der Waals surface area contributed by atoms with Crippen molar-refractivity contribution in [3.05, 3.63) is 12.2 Å². The van der Waals surface area contributed by atoms with Crippen LogP contribution in [0, 0.1) is 0 Å². The van der Waals surface area contributed by atoms with Gasteiger partial charge in [0.1, 0.15) is 18.2 Å². The van der Waals surface area contributed by atoms with Crippen LogP contribution >= 0.6 is 7.60 Å². The fraction of sp³-hybridized carbons (Fsp3) is 0.769. The Balaban J connectivity index is 0.00000722. The third-order valence-corrected chi connectivity index (χ3v) is 6.87. The third kappa shape index (κ3) is 18.3. The van der Waals surface area contributed by atoms with E-state index < -0.39 is 20.0 Å². The second-order valence-corrected chi connectivity index (χ2v) is 11.2. The molecule has 0 aliphatic carbocycles. The van der Waals surface area contributed by atoms with E-state index in [1.54, 1.807) is 11.2 Å². The molecule has 0 bridgehead atoms.